The number of rotatable bonds is 5. The average Bonchev–Trinajstić information content (AvgIpc) is 2.79. The van der Waals surface area contributed by atoms with E-state index in [2.05, 4.69) is 29.1 Å². The number of H-pyrrole nitrogens is 1. The fourth-order valence-electron chi connectivity index (χ4n) is 2.02. The number of hydrogen-bond acceptors (Lipinski definition) is 1. The van der Waals surface area contributed by atoms with Crippen LogP contribution in [0.2, 0.25) is 0 Å². The van der Waals surface area contributed by atoms with Gasteiger partial charge in [0, 0.05) is 30.2 Å². The Morgan fingerprint density at radius 2 is 2.19 bits per heavy atom. The van der Waals surface area contributed by atoms with Crippen LogP contribution in [-0.4, -0.2) is 24.0 Å². The molecule has 0 aliphatic rings. The molecule has 0 saturated carbocycles. The third kappa shape index (κ3) is 5.18. The summed E-state index contributed by atoms with van der Waals surface area (Å²) >= 11 is 0. The smallest absolute Gasteiger partial charge is 0.188 e. The van der Waals surface area contributed by atoms with E-state index in [0.29, 0.717) is 18.4 Å². The Morgan fingerprint density at radius 3 is 2.90 bits per heavy atom. The zero-order valence-corrected chi connectivity index (χ0v) is 14.6. The summed E-state index contributed by atoms with van der Waals surface area (Å²) in [5.41, 5.74) is 7.79. The number of benzene rings is 1. The monoisotopic (exact) mass is 404 g/mol. The molecule has 2 aromatic rings. The van der Waals surface area contributed by atoms with Crippen molar-refractivity contribution in [2.24, 2.45) is 16.6 Å². The summed E-state index contributed by atoms with van der Waals surface area (Å²) < 4.78 is 13.3. The number of nitrogens with two attached hydrogens (primary N) is 1. The molecule has 6 heteroatoms. The molecular weight excluding hydrogens is 382 g/mol. The van der Waals surface area contributed by atoms with Gasteiger partial charge in [0.25, 0.3) is 0 Å². The van der Waals surface area contributed by atoms with E-state index in [1.54, 1.807) is 12.1 Å². The highest BCUT2D eigenvalue weighted by Crippen LogP contribution is 2.19. The maximum Gasteiger partial charge on any atom is 0.188 e. The highest BCUT2D eigenvalue weighted by molar-refractivity contribution is 14.0. The number of aliphatic imine (C=N–C) groups is 1. The van der Waals surface area contributed by atoms with Crippen molar-refractivity contribution in [2.75, 3.05) is 13.1 Å². The van der Waals surface area contributed by atoms with E-state index in [1.165, 1.54) is 6.07 Å². The minimum atomic E-state index is -0.218. The van der Waals surface area contributed by atoms with Crippen molar-refractivity contribution < 1.29 is 4.39 Å². The Kier molecular flexibility index (Phi) is 6.94. The van der Waals surface area contributed by atoms with Gasteiger partial charge in [-0.05, 0) is 36.1 Å². The first kappa shape index (κ1) is 17.7. The number of nitrogens with one attached hydrogen (secondary N) is 2. The lowest BCUT2D eigenvalue weighted by molar-refractivity contribution is 0.629. The van der Waals surface area contributed by atoms with Gasteiger partial charge in [0.15, 0.2) is 5.96 Å². The summed E-state index contributed by atoms with van der Waals surface area (Å²) in [7, 11) is 0. The van der Waals surface area contributed by atoms with Crippen LogP contribution in [0.15, 0.2) is 29.4 Å². The molecule has 1 heterocycles. The summed E-state index contributed by atoms with van der Waals surface area (Å²) in [6.07, 6.45) is 2.68. The van der Waals surface area contributed by atoms with E-state index in [4.69, 9.17) is 5.73 Å². The molecule has 2 rings (SSSR count). The first-order valence-electron chi connectivity index (χ1n) is 6.85. The normalized spacial score (nSPS) is 11.7. The fourth-order valence-corrected chi connectivity index (χ4v) is 2.02. The van der Waals surface area contributed by atoms with Gasteiger partial charge in [-0.25, -0.2) is 4.39 Å². The molecule has 0 radical (unpaired) electrons. The molecular formula is C15H22FIN4. The Hall–Kier alpha value is -1.31. The van der Waals surface area contributed by atoms with E-state index >= 15 is 0 Å². The van der Waals surface area contributed by atoms with Gasteiger partial charge < -0.3 is 16.0 Å². The molecule has 0 fully saturated rings. The number of nitrogens with zero attached hydrogens (tertiary/aromatic N) is 1. The fraction of sp³-hybridized carbons (Fsp3) is 0.400. The second-order valence-electron chi connectivity index (χ2n) is 5.30. The lowest BCUT2D eigenvalue weighted by atomic mass is 10.1. The second kappa shape index (κ2) is 8.21. The molecule has 0 saturated heterocycles. The minimum Gasteiger partial charge on any atom is -0.370 e. The Morgan fingerprint density at radius 1 is 1.43 bits per heavy atom. The molecule has 0 atom stereocenters. The van der Waals surface area contributed by atoms with Crippen molar-refractivity contribution in [1.29, 1.82) is 0 Å². The highest BCUT2D eigenvalue weighted by atomic mass is 127. The van der Waals surface area contributed by atoms with Crippen LogP contribution in [0.4, 0.5) is 4.39 Å². The SMILES string of the molecule is CC(C)CN=C(N)NCCc1c[nH]c2ccc(F)cc12.I. The van der Waals surface area contributed by atoms with Gasteiger partial charge in [-0.3, -0.25) is 4.99 Å². The number of aromatic amines is 1. The zero-order chi connectivity index (χ0) is 14.5. The molecule has 4 nitrogen and oxygen atoms in total. The zero-order valence-electron chi connectivity index (χ0n) is 12.3. The van der Waals surface area contributed by atoms with Crippen molar-refractivity contribution >= 4 is 40.8 Å². The van der Waals surface area contributed by atoms with Gasteiger partial charge in [0.2, 0.25) is 0 Å². The van der Waals surface area contributed by atoms with Crippen LogP contribution in [-0.2, 0) is 6.42 Å². The highest BCUT2D eigenvalue weighted by Gasteiger charge is 2.04. The Labute approximate surface area is 141 Å². The molecule has 0 bridgehead atoms. The van der Waals surface area contributed by atoms with Gasteiger partial charge >= 0.3 is 0 Å². The topological polar surface area (TPSA) is 66.2 Å². The lowest BCUT2D eigenvalue weighted by Crippen LogP contribution is -2.33. The van der Waals surface area contributed by atoms with Gasteiger partial charge in [0.05, 0.1) is 0 Å². The number of halogens is 2. The van der Waals surface area contributed by atoms with Gasteiger partial charge in [-0.1, -0.05) is 13.8 Å². The number of aromatic nitrogens is 1. The molecule has 0 amide bonds. The van der Waals surface area contributed by atoms with Crippen LogP contribution < -0.4 is 11.1 Å². The number of fused-ring (bicyclic) bond motifs is 1. The Bertz CT molecular complexity index is 607. The van der Waals surface area contributed by atoms with E-state index in [9.17, 15) is 4.39 Å². The van der Waals surface area contributed by atoms with Crippen molar-refractivity contribution in [2.45, 2.75) is 20.3 Å². The van der Waals surface area contributed by atoms with Crippen LogP contribution in [0.25, 0.3) is 10.9 Å². The predicted molar refractivity (Wildman–Crippen MR) is 96.7 cm³/mol. The van der Waals surface area contributed by atoms with Crippen LogP contribution in [0.3, 0.4) is 0 Å². The van der Waals surface area contributed by atoms with Crippen LogP contribution in [0, 0.1) is 11.7 Å². The number of guanidine groups is 1. The van der Waals surface area contributed by atoms with E-state index in [1.807, 2.05) is 6.20 Å². The van der Waals surface area contributed by atoms with Crippen molar-refractivity contribution in [3.8, 4) is 0 Å². The lowest BCUT2D eigenvalue weighted by Gasteiger charge is -2.06. The summed E-state index contributed by atoms with van der Waals surface area (Å²) in [6, 6.07) is 4.76. The molecule has 21 heavy (non-hydrogen) atoms. The molecule has 1 aromatic heterocycles. The maximum atomic E-state index is 13.3. The second-order valence-corrected chi connectivity index (χ2v) is 5.30. The van der Waals surface area contributed by atoms with Gasteiger partial charge in [-0.15, -0.1) is 24.0 Å². The predicted octanol–water partition coefficient (Wildman–Crippen LogP) is 3.03. The largest absolute Gasteiger partial charge is 0.370 e. The standard InChI is InChI=1S/C15H21FN4.HI/c1-10(2)8-20-15(17)18-6-5-11-9-19-14-4-3-12(16)7-13(11)14;/h3-4,7,9-10,19H,5-6,8H2,1-2H3,(H3,17,18,20);1H. The molecule has 116 valence electrons. The quantitative estimate of drug-likeness (QED) is 0.408. The Balaban J connectivity index is 0.00000220. The van der Waals surface area contributed by atoms with E-state index < -0.39 is 0 Å². The summed E-state index contributed by atoms with van der Waals surface area (Å²) in [5.74, 6) is 0.737. The van der Waals surface area contributed by atoms with Crippen molar-refractivity contribution in [1.82, 2.24) is 10.3 Å². The molecule has 0 aliphatic heterocycles. The third-order valence-electron chi connectivity index (χ3n) is 3.06. The maximum absolute atomic E-state index is 13.3. The van der Waals surface area contributed by atoms with Crippen molar-refractivity contribution in [3.63, 3.8) is 0 Å². The minimum absolute atomic E-state index is 0. The average molecular weight is 404 g/mol. The molecule has 4 N–H and O–H groups in total. The first-order chi connectivity index (χ1) is 9.56. The molecule has 0 unspecified atom stereocenters. The van der Waals surface area contributed by atoms with Crippen LogP contribution in [0.1, 0.15) is 19.4 Å². The molecule has 1 aromatic carbocycles. The summed E-state index contributed by atoms with van der Waals surface area (Å²) in [4.78, 5) is 7.37. The van der Waals surface area contributed by atoms with Crippen LogP contribution >= 0.6 is 24.0 Å². The van der Waals surface area contributed by atoms with Gasteiger partial charge in [0.1, 0.15) is 5.82 Å². The van der Waals surface area contributed by atoms with Gasteiger partial charge in [-0.2, -0.15) is 0 Å². The van der Waals surface area contributed by atoms with Crippen molar-refractivity contribution in [3.05, 3.63) is 35.8 Å². The van der Waals surface area contributed by atoms with E-state index in [-0.39, 0.29) is 29.8 Å². The summed E-state index contributed by atoms with van der Waals surface area (Å²) in [5, 5.41) is 4.00. The van der Waals surface area contributed by atoms with Crippen LogP contribution in [0.5, 0.6) is 0 Å². The van der Waals surface area contributed by atoms with E-state index in [0.717, 1.165) is 29.4 Å². The first-order valence-corrected chi connectivity index (χ1v) is 6.85. The summed E-state index contributed by atoms with van der Waals surface area (Å²) in [6.45, 7) is 5.59. The molecule has 0 aliphatic carbocycles. The third-order valence-corrected chi connectivity index (χ3v) is 3.06. The molecule has 0 spiro atoms. The number of hydrogen-bond donors (Lipinski definition) is 3.